The maximum absolute atomic E-state index is 4.30. The first-order valence-corrected chi connectivity index (χ1v) is 5.62. The molecule has 18 heavy (non-hydrogen) atoms. The molecule has 0 aliphatic heterocycles. The van der Waals surface area contributed by atoms with Gasteiger partial charge in [-0.1, -0.05) is 30.3 Å². The quantitative estimate of drug-likeness (QED) is 0.688. The molecule has 0 bridgehead atoms. The molecular weight excluding hydrogens is 228 g/mol. The van der Waals surface area contributed by atoms with Crippen molar-refractivity contribution in [3.05, 3.63) is 48.3 Å². The molecule has 6 heteroatoms. The van der Waals surface area contributed by atoms with Gasteiger partial charge in [0.1, 0.15) is 0 Å². The second kappa shape index (κ2) is 4.40. The zero-order valence-corrected chi connectivity index (χ0v) is 9.93. The van der Waals surface area contributed by atoms with Gasteiger partial charge in [-0.3, -0.25) is 4.68 Å². The fourth-order valence-electron chi connectivity index (χ4n) is 1.74. The van der Waals surface area contributed by atoms with E-state index in [0.29, 0.717) is 5.82 Å². The van der Waals surface area contributed by atoms with E-state index in [1.807, 2.05) is 29.1 Å². The lowest BCUT2D eigenvalue weighted by Gasteiger charge is -2.00. The molecule has 6 nitrogen and oxygen atoms in total. The van der Waals surface area contributed by atoms with Crippen LogP contribution < -0.4 is 0 Å². The molecule has 0 atom stereocenters. The molecule has 2 aromatic heterocycles. The predicted molar refractivity (Wildman–Crippen MR) is 65.6 cm³/mol. The van der Waals surface area contributed by atoms with Gasteiger partial charge >= 0.3 is 0 Å². The largest absolute Gasteiger partial charge is 0.268 e. The van der Waals surface area contributed by atoms with E-state index in [-0.39, 0.29) is 0 Å². The van der Waals surface area contributed by atoms with Gasteiger partial charge in [0.25, 0.3) is 0 Å². The van der Waals surface area contributed by atoms with Gasteiger partial charge in [-0.25, -0.2) is 0 Å². The predicted octanol–water partition coefficient (Wildman–Crippen LogP) is 1.12. The van der Waals surface area contributed by atoms with E-state index in [9.17, 15) is 0 Å². The Hall–Kier alpha value is -2.50. The van der Waals surface area contributed by atoms with Crippen LogP contribution in [-0.2, 0) is 13.6 Å². The summed E-state index contributed by atoms with van der Waals surface area (Å²) in [5.41, 5.74) is 2.08. The second-order valence-electron chi connectivity index (χ2n) is 4.01. The molecule has 0 saturated heterocycles. The van der Waals surface area contributed by atoms with Crippen LogP contribution in [0.3, 0.4) is 0 Å². The fourth-order valence-corrected chi connectivity index (χ4v) is 1.74. The number of tetrazole rings is 1. The van der Waals surface area contributed by atoms with Gasteiger partial charge in [0.15, 0.2) is 0 Å². The first-order chi connectivity index (χ1) is 8.81. The molecule has 90 valence electrons. The van der Waals surface area contributed by atoms with Crippen LogP contribution in [0.5, 0.6) is 0 Å². The molecule has 0 spiro atoms. The average molecular weight is 240 g/mol. The number of hydrogen-bond donors (Lipinski definition) is 0. The molecule has 1 aromatic carbocycles. The standard InChI is InChI=1S/C12H12N6/c1-17-15-12(14-16-17)11-7-13-18(9-11)8-10-5-3-2-4-6-10/h2-7,9H,8H2,1H3. The molecule has 3 aromatic rings. The van der Waals surface area contributed by atoms with Crippen molar-refractivity contribution in [2.45, 2.75) is 6.54 Å². The van der Waals surface area contributed by atoms with E-state index < -0.39 is 0 Å². The second-order valence-corrected chi connectivity index (χ2v) is 4.01. The van der Waals surface area contributed by atoms with Gasteiger partial charge in [-0.05, 0) is 10.8 Å². The van der Waals surface area contributed by atoms with Crippen molar-refractivity contribution >= 4 is 0 Å². The average Bonchev–Trinajstić information content (AvgIpc) is 2.99. The highest BCUT2D eigenvalue weighted by Gasteiger charge is 2.07. The molecule has 0 fully saturated rings. The summed E-state index contributed by atoms with van der Waals surface area (Å²) in [5.74, 6) is 0.594. The summed E-state index contributed by atoms with van der Waals surface area (Å²) in [5, 5.41) is 16.2. The van der Waals surface area contributed by atoms with Gasteiger partial charge in [0.2, 0.25) is 5.82 Å². The van der Waals surface area contributed by atoms with Gasteiger partial charge in [0.05, 0.1) is 25.4 Å². The molecule has 0 amide bonds. The van der Waals surface area contributed by atoms with Crippen LogP contribution in [0.2, 0.25) is 0 Å². The third-order valence-corrected chi connectivity index (χ3v) is 2.59. The topological polar surface area (TPSA) is 61.4 Å². The van der Waals surface area contributed by atoms with Crippen molar-refractivity contribution in [3.8, 4) is 11.4 Å². The summed E-state index contributed by atoms with van der Waals surface area (Å²) in [6.45, 7) is 0.737. The highest BCUT2D eigenvalue weighted by atomic mass is 15.6. The summed E-state index contributed by atoms with van der Waals surface area (Å²) < 4.78 is 1.86. The SMILES string of the molecule is Cn1nnc(-c2cnn(Cc3ccccc3)c2)n1. The lowest BCUT2D eigenvalue weighted by atomic mass is 10.2. The summed E-state index contributed by atoms with van der Waals surface area (Å²) >= 11 is 0. The van der Waals surface area contributed by atoms with Gasteiger partial charge in [0, 0.05) is 6.20 Å². The van der Waals surface area contributed by atoms with Crippen molar-refractivity contribution in [1.29, 1.82) is 0 Å². The maximum Gasteiger partial charge on any atom is 0.208 e. The fraction of sp³-hybridized carbons (Fsp3) is 0.167. The molecule has 0 aliphatic rings. The Balaban J connectivity index is 1.82. The van der Waals surface area contributed by atoms with E-state index in [0.717, 1.165) is 12.1 Å². The summed E-state index contributed by atoms with van der Waals surface area (Å²) in [7, 11) is 1.74. The van der Waals surface area contributed by atoms with Crippen LogP contribution >= 0.6 is 0 Å². The normalized spacial score (nSPS) is 10.7. The Morgan fingerprint density at radius 3 is 2.72 bits per heavy atom. The van der Waals surface area contributed by atoms with Crippen LogP contribution in [0, 0.1) is 0 Å². The summed E-state index contributed by atoms with van der Waals surface area (Å²) in [4.78, 5) is 1.43. The molecule has 2 heterocycles. The van der Waals surface area contributed by atoms with Crippen molar-refractivity contribution in [2.75, 3.05) is 0 Å². The Kier molecular flexibility index (Phi) is 2.60. The maximum atomic E-state index is 4.30. The van der Waals surface area contributed by atoms with Gasteiger partial charge in [-0.2, -0.15) is 9.90 Å². The van der Waals surface area contributed by atoms with Gasteiger partial charge in [-0.15, -0.1) is 10.2 Å². The zero-order chi connectivity index (χ0) is 12.4. The summed E-state index contributed by atoms with van der Waals surface area (Å²) in [6, 6.07) is 10.2. The Bertz CT molecular complexity index is 639. The van der Waals surface area contributed by atoms with E-state index in [1.165, 1.54) is 10.4 Å². The van der Waals surface area contributed by atoms with Crippen molar-refractivity contribution < 1.29 is 0 Å². The number of aryl methyl sites for hydroxylation is 1. The smallest absolute Gasteiger partial charge is 0.208 e. The van der Waals surface area contributed by atoms with E-state index in [2.05, 4.69) is 32.6 Å². The van der Waals surface area contributed by atoms with Crippen LogP contribution in [0.4, 0.5) is 0 Å². The third-order valence-electron chi connectivity index (χ3n) is 2.59. The minimum absolute atomic E-state index is 0.594. The highest BCUT2D eigenvalue weighted by Crippen LogP contribution is 2.12. The number of rotatable bonds is 3. The highest BCUT2D eigenvalue weighted by molar-refractivity contribution is 5.50. The minimum Gasteiger partial charge on any atom is -0.268 e. The third kappa shape index (κ3) is 2.13. The van der Waals surface area contributed by atoms with E-state index in [1.54, 1.807) is 13.2 Å². The molecule has 0 radical (unpaired) electrons. The van der Waals surface area contributed by atoms with E-state index in [4.69, 9.17) is 0 Å². The first kappa shape index (κ1) is 10.6. The van der Waals surface area contributed by atoms with Crippen LogP contribution in [-0.4, -0.2) is 30.0 Å². The number of nitrogens with zero attached hydrogens (tertiary/aromatic N) is 6. The van der Waals surface area contributed by atoms with E-state index >= 15 is 0 Å². The van der Waals surface area contributed by atoms with Crippen molar-refractivity contribution in [3.63, 3.8) is 0 Å². The monoisotopic (exact) mass is 240 g/mol. The molecule has 0 unspecified atom stereocenters. The Morgan fingerprint density at radius 1 is 1.17 bits per heavy atom. The Labute approximate surface area is 104 Å². The lowest BCUT2D eigenvalue weighted by molar-refractivity contribution is 0.630. The molecule has 0 aliphatic carbocycles. The molecule has 0 saturated carbocycles. The zero-order valence-electron chi connectivity index (χ0n) is 9.93. The van der Waals surface area contributed by atoms with Crippen molar-refractivity contribution in [1.82, 2.24) is 30.0 Å². The van der Waals surface area contributed by atoms with Crippen molar-refractivity contribution in [2.24, 2.45) is 7.05 Å². The molecule has 3 rings (SSSR count). The first-order valence-electron chi connectivity index (χ1n) is 5.62. The van der Waals surface area contributed by atoms with Gasteiger partial charge < -0.3 is 0 Å². The Morgan fingerprint density at radius 2 is 2.00 bits per heavy atom. The van der Waals surface area contributed by atoms with Crippen LogP contribution in [0.1, 0.15) is 5.56 Å². The number of hydrogen-bond acceptors (Lipinski definition) is 4. The number of aromatic nitrogens is 6. The lowest BCUT2D eigenvalue weighted by Crippen LogP contribution is -1.99. The number of benzene rings is 1. The minimum atomic E-state index is 0.594. The van der Waals surface area contributed by atoms with Crippen LogP contribution in [0.15, 0.2) is 42.7 Å². The van der Waals surface area contributed by atoms with Crippen LogP contribution in [0.25, 0.3) is 11.4 Å². The molecule has 0 N–H and O–H groups in total. The molecular formula is C12H12N6. The summed E-state index contributed by atoms with van der Waals surface area (Å²) in [6.07, 6.45) is 3.67.